The van der Waals surface area contributed by atoms with E-state index in [1.807, 2.05) is 0 Å². The van der Waals surface area contributed by atoms with E-state index in [-0.39, 0.29) is 16.9 Å². The third-order valence-electron chi connectivity index (χ3n) is 6.84. The van der Waals surface area contributed by atoms with Crippen molar-refractivity contribution in [2.45, 2.75) is 78.4 Å². The summed E-state index contributed by atoms with van der Waals surface area (Å²) in [4.78, 5) is 12.8. The Bertz CT molecular complexity index is 539. The molecule has 2 rings (SSSR count). The number of hydrogen-bond donors (Lipinski definition) is 0. The fraction of sp³-hybridized carbons (Fsp3) is 0.762. The molecule has 0 radical (unpaired) electrons. The number of carbonyl (C=O) groups excluding carboxylic acids is 1. The molecule has 2 aliphatic rings. The van der Waals surface area contributed by atoms with Gasteiger partial charge >= 0.3 is 5.97 Å². The molecule has 0 spiro atoms. The fourth-order valence-electron chi connectivity index (χ4n) is 4.06. The van der Waals surface area contributed by atoms with Crippen LogP contribution in [-0.4, -0.2) is 14.3 Å². The molecular weight excluding hydrogens is 312 g/mol. The van der Waals surface area contributed by atoms with Crippen LogP contribution in [0.15, 0.2) is 23.8 Å². The molecule has 0 aliphatic heterocycles. The Kier molecular flexibility index (Phi) is 5.54. The lowest BCUT2D eigenvalue weighted by molar-refractivity contribution is -0.132. The standard InChI is InChI=1S/C21H36O2Si/c1-14-9-11-17-15(2)10-12-18(19(17)13-14)16(3)20(22)23-24(7,8)21(4,5)6/h13,15,17-19H,3,9-12H2,1-2,4-8H3/t15-,17+,18+,19+/m1/s1. The van der Waals surface area contributed by atoms with E-state index in [1.165, 1.54) is 24.8 Å². The largest absolute Gasteiger partial charge is 0.516 e. The van der Waals surface area contributed by atoms with E-state index in [0.717, 1.165) is 12.3 Å². The molecule has 0 amide bonds. The number of allylic oxidation sites excluding steroid dienone is 2. The van der Waals surface area contributed by atoms with Gasteiger partial charge in [-0.15, -0.1) is 0 Å². The third-order valence-corrected chi connectivity index (χ3v) is 11.1. The summed E-state index contributed by atoms with van der Waals surface area (Å²) in [6.45, 7) is 19.6. The van der Waals surface area contributed by atoms with Crippen LogP contribution in [0.3, 0.4) is 0 Å². The van der Waals surface area contributed by atoms with Crippen molar-refractivity contribution in [2.24, 2.45) is 23.7 Å². The van der Waals surface area contributed by atoms with Crippen LogP contribution in [0.1, 0.15) is 60.3 Å². The monoisotopic (exact) mass is 348 g/mol. The minimum Gasteiger partial charge on any atom is -0.516 e. The molecule has 136 valence electrons. The molecule has 2 nitrogen and oxygen atoms in total. The van der Waals surface area contributed by atoms with Crippen molar-refractivity contribution < 1.29 is 9.22 Å². The van der Waals surface area contributed by atoms with Gasteiger partial charge in [0, 0.05) is 5.57 Å². The highest BCUT2D eigenvalue weighted by atomic mass is 28.4. The van der Waals surface area contributed by atoms with Crippen LogP contribution in [-0.2, 0) is 9.22 Å². The summed E-state index contributed by atoms with van der Waals surface area (Å²) in [7, 11) is -2.09. The molecule has 0 unspecified atom stereocenters. The van der Waals surface area contributed by atoms with Gasteiger partial charge in [0.25, 0.3) is 8.32 Å². The lowest BCUT2D eigenvalue weighted by Gasteiger charge is -2.44. The highest BCUT2D eigenvalue weighted by molar-refractivity contribution is 6.75. The quantitative estimate of drug-likeness (QED) is 0.349. The fourth-order valence-corrected chi connectivity index (χ4v) is 4.96. The van der Waals surface area contributed by atoms with Crippen LogP contribution in [0, 0.1) is 23.7 Å². The van der Waals surface area contributed by atoms with Gasteiger partial charge in [-0.1, -0.05) is 45.9 Å². The summed E-state index contributed by atoms with van der Waals surface area (Å²) in [5.74, 6) is 2.04. The zero-order valence-electron chi connectivity index (χ0n) is 16.7. The molecule has 0 saturated heterocycles. The zero-order chi connectivity index (χ0) is 18.3. The molecule has 24 heavy (non-hydrogen) atoms. The number of carbonyl (C=O) groups is 1. The molecule has 1 fully saturated rings. The van der Waals surface area contributed by atoms with Crippen LogP contribution < -0.4 is 0 Å². The molecule has 0 aromatic heterocycles. The van der Waals surface area contributed by atoms with E-state index < -0.39 is 8.32 Å². The SMILES string of the molecule is C=C(C(=O)O[Si](C)(C)C(C)(C)C)[C@@H]1CC[C@@H](C)[C@@H]2CCC(C)=C[C@@H]21. The Morgan fingerprint density at radius 1 is 1.25 bits per heavy atom. The van der Waals surface area contributed by atoms with Gasteiger partial charge in [-0.2, -0.15) is 0 Å². The van der Waals surface area contributed by atoms with Gasteiger partial charge in [-0.3, -0.25) is 0 Å². The van der Waals surface area contributed by atoms with Crippen LogP contribution in [0.25, 0.3) is 0 Å². The Balaban J connectivity index is 2.16. The van der Waals surface area contributed by atoms with E-state index in [1.54, 1.807) is 0 Å². The van der Waals surface area contributed by atoms with Crippen LogP contribution in [0.5, 0.6) is 0 Å². The molecule has 0 N–H and O–H groups in total. The van der Waals surface area contributed by atoms with Crippen molar-refractivity contribution in [2.75, 3.05) is 0 Å². The van der Waals surface area contributed by atoms with Gasteiger partial charge in [0.1, 0.15) is 0 Å². The molecule has 0 heterocycles. The first-order valence-corrected chi connectivity index (χ1v) is 12.4. The topological polar surface area (TPSA) is 26.3 Å². The van der Waals surface area contributed by atoms with Gasteiger partial charge in [-0.05, 0) is 74.4 Å². The van der Waals surface area contributed by atoms with Crippen molar-refractivity contribution in [3.63, 3.8) is 0 Å². The molecule has 2 aliphatic carbocycles. The zero-order valence-corrected chi connectivity index (χ0v) is 17.7. The van der Waals surface area contributed by atoms with Gasteiger partial charge in [0.05, 0.1) is 0 Å². The predicted octanol–water partition coefficient (Wildman–Crippen LogP) is 6.11. The molecular formula is C21H36O2Si. The number of hydrogen-bond acceptors (Lipinski definition) is 2. The summed E-state index contributed by atoms with van der Waals surface area (Å²) in [6.07, 6.45) is 7.16. The maximum absolute atomic E-state index is 12.8. The summed E-state index contributed by atoms with van der Waals surface area (Å²) in [5.41, 5.74) is 2.19. The minimum atomic E-state index is -2.09. The molecule has 1 saturated carbocycles. The minimum absolute atomic E-state index is 0.0356. The van der Waals surface area contributed by atoms with E-state index in [0.29, 0.717) is 17.4 Å². The average molecular weight is 349 g/mol. The third kappa shape index (κ3) is 3.87. The summed E-state index contributed by atoms with van der Waals surface area (Å²) < 4.78 is 6.03. The van der Waals surface area contributed by atoms with Crippen molar-refractivity contribution >= 4 is 14.3 Å². The van der Waals surface area contributed by atoms with Crippen molar-refractivity contribution in [3.05, 3.63) is 23.8 Å². The maximum atomic E-state index is 12.8. The highest BCUT2D eigenvalue weighted by Gasteiger charge is 2.44. The molecule has 0 bridgehead atoms. The van der Waals surface area contributed by atoms with E-state index >= 15 is 0 Å². The first-order valence-electron chi connectivity index (χ1n) is 9.53. The number of rotatable bonds is 3. The first-order chi connectivity index (χ1) is 10.9. The van der Waals surface area contributed by atoms with Crippen molar-refractivity contribution in [3.8, 4) is 0 Å². The van der Waals surface area contributed by atoms with Crippen LogP contribution in [0.2, 0.25) is 18.1 Å². The predicted molar refractivity (Wildman–Crippen MR) is 104 cm³/mol. The number of fused-ring (bicyclic) bond motifs is 1. The van der Waals surface area contributed by atoms with E-state index in [9.17, 15) is 4.79 Å². The smallest absolute Gasteiger partial charge is 0.320 e. The van der Waals surface area contributed by atoms with E-state index in [4.69, 9.17) is 4.43 Å². The summed E-state index contributed by atoms with van der Waals surface area (Å²) >= 11 is 0. The first kappa shape index (κ1) is 19.5. The Labute approximate surface area is 149 Å². The molecule has 4 atom stereocenters. The Morgan fingerprint density at radius 3 is 2.46 bits per heavy atom. The Morgan fingerprint density at radius 2 is 1.88 bits per heavy atom. The summed E-state index contributed by atoms with van der Waals surface area (Å²) in [5, 5.41) is 0.0356. The molecule has 0 aromatic carbocycles. The second-order valence-electron chi connectivity index (χ2n) is 9.63. The van der Waals surface area contributed by atoms with Crippen LogP contribution in [0.4, 0.5) is 0 Å². The van der Waals surface area contributed by atoms with Gasteiger partial charge in [0.15, 0.2) is 0 Å². The lowest BCUT2D eigenvalue weighted by atomic mass is 9.61. The average Bonchev–Trinajstić information content (AvgIpc) is 2.45. The highest BCUT2D eigenvalue weighted by Crippen LogP contribution is 2.48. The molecule has 3 heteroatoms. The van der Waals surface area contributed by atoms with Crippen molar-refractivity contribution in [1.82, 2.24) is 0 Å². The normalized spacial score (nSPS) is 31.0. The molecule has 0 aromatic rings. The van der Waals surface area contributed by atoms with Crippen molar-refractivity contribution in [1.29, 1.82) is 0 Å². The van der Waals surface area contributed by atoms with Crippen LogP contribution >= 0.6 is 0 Å². The van der Waals surface area contributed by atoms with Gasteiger partial charge < -0.3 is 4.43 Å². The second kappa shape index (κ2) is 6.82. The lowest BCUT2D eigenvalue weighted by Crippen LogP contribution is -2.44. The van der Waals surface area contributed by atoms with Gasteiger partial charge in [-0.25, -0.2) is 4.79 Å². The Hall–Kier alpha value is -0.833. The maximum Gasteiger partial charge on any atom is 0.320 e. The van der Waals surface area contributed by atoms with E-state index in [2.05, 4.69) is 60.4 Å². The second-order valence-corrected chi connectivity index (χ2v) is 14.4. The summed E-state index contributed by atoms with van der Waals surface area (Å²) in [6, 6.07) is 0. The van der Waals surface area contributed by atoms with Gasteiger partial charge in [0.2, 0.25) is 0 Å².